The predicted octanol–water partition coefficient (Wildman–Crippen LogP) is 3.22. The summed E-state index contributed by atoms with van der Waals surface area (Å²) in [6.45, 7) is 4.61. The molecule has 2 aliphatic rings. The lowest BCUT2D eigenvalue weighted by molar-refractivity contribution is -0.0986. The number of amides is 1. The average molecular weight is 382 g/mol. The van der Waals surface area contributed by atoms with Crippen molar-refractivity contribution in [3.05, 3.63) is 35.6 Å². The van der Waals surface area contributed by atoms with E-state index in [0.29, 0.717) is 24.3 Å². The second-order valence-electron chi connectivity index (χ2n) is 6.81. The van der Waals surface area contributed by atoms with E-state index in [1.54, 1.807) is 18.2 Å². The molecule has 3 atom stereocenters. The molecule has 0 bridgehead atoms. The Hall–Kier alpha value is -1.64. The van der Waals surface area contributed by atoms with Gasteiger partial charge in [0.15, 0.2) is 5.17 Å². The lowest BCUT2D eigenvalue weighted by Crippen LogP contribution is -2.52. The number of nitrogens with one attached hydrogen (secondary N) is 1. The number of thioether (sulfide) groups is 1. The summed E-state index contributed by atoms with van der Waals surface area (Å²) in [6, 6.07) is 6.50. The van der Waals surface area contributed by atoms with Crippen LogP contribution in [0.4, 0.5) is 9.18 Å². The number of amidine groups is 1. The van der Waals surface area contributed by atoms with Gasteiger partial charge >= 0.3 is 6.09 Å². The smallest absolute Gasteiger partial charge is 0.410 e. The van der Waals surface area contributed by atoms with Crippen molar-refractivity contribution in [1.29, 1.82) is 0 Å². The molecule has 26 heavy (non-hydrogen) atoms. The molecule has 0 spiro atoms. The second-order valence-corrected chi connectivity index (χ2v) is 7.82. The number of benzene rings is 1. The van der Waals surface area contributed by atoms with Gasteiger partial charge in [0.1, 0.15) is 11.4 Å². The molecule has 0 aromatic heterocycles. The molecule has 1 saturated heterocycles. The van der Waals surface area contributed by atoms with Gasteiger partial charge in [0.25, 0.3) is 0 Å². The third-order valence-electron chi connectivity index (χ3n) is 4.65. The highest BCUT2D eigenvalue weighted by Crippen LogP contribution is 2.46. The fourth-order valence-electron chi connectivity index (χ4n) is 3.41. The highest BCUT2D eigenvalue weighted by atomic mass is 32.2. The van der Waals surface area contributed by atoms with E-state index in [4.69, 9.17) is 14.6 Å². The first-order valence-corrected chi connectivity index (χ1v) is 9.60. The standard InChI is InChI=1S/C18H23FN2O4S/c1-11(2)24-8-13-7-12-9-26-16(20-17(22)23)21-18(12,10-25-13)14-5-3-4-6-15(14)19/h3-6,11-13H,7-10H2,1-2H3,(H,20,21)(H,22,23)/t12-,13+,18-/m0/s1. The van der Waals surface area contributed by atoms with Crippen molar-refractivity contribution in [2.75, 3.05) is 19.0 Å². The maximum atomic E-state index is 14.6. The lowest BCUT2D eigenvalue weighted by Gasteiger charge is -2.46. The zero-order valence-corrected chi connectivity index (χ0v) is 15.6. The minimum atomic E-state index is -1.18. The van der Waals surface area contributed by atoms with Crippen LogP contribution in [0, 0.1) is 11.7 Å². The highest BCUT2D eigenvalue weighted by molar-refractivity contribution is 8.13. The summed E-state index contributed by atoms with van der Waals surface area (Å²) in [4.78, 5) is 15.6. The van der Waals surface area contributed by atoms with Crippen molar-refractivity contribution in [2.24, 2.45) is 10.9 Å². The molecule has 2 aliphatic heterocycles. The third kappa shape index (κ3) is 4.02. The molecular formula is C18H23FN2O4S. The van der Waals surface area contributed by atoms with Crippen molar-refractivity contribution in [2.45, 2.75) is 38.0 Å². The largest absolute Gasteiger partial charge is 0.465 e. The van der Waals surface area contributed by atoms with Gasteiger partial charge in [-0.2, -0.15) is 0 Å². The molecule has 142 valence electrons. The topological polar surface area (TPSA) is 80.2 Å². The average Bonchev–Trinajstić information content (AvgIpc) is 2.59. The SMILES string of the molecule is CC(C)OC[C@H]1C[C@H]2CSC(NC(=O)O)=N[C@@]2(c2ccccc2F)CO1. The number of nitrogens with zero attached hydrogens (tertiary/aromatic N) is 1. The quantitative estimate of drug-likeness (QED) is 0.836. The van der Waals surface area contributed by atoms with E-state index in [0.717, 1.165) is 0 Å². The molecular weight excluding hydrogens is 359 g/mol. The van der Waals surface area contributed by atoms with Crippen LogP contribution in [0.2, 0.25) is 0 Å². The fraction of sp³-hybridized carbons (Fsp3) is 0.556. The lowest BCUT2D eigenvalue weighted by atomic mass is 9.75. The van der Waals surface area contributed by atoms with E-state index >= 15 is 0 Å². The van der Waals surface area contributed by atoms with E-state index in [2.05, 4.69) is 10.3 Å². The monoisotopic (exact) mass is 382 g/mol. The van der Waals surface area contributed by atoms with Crippen molar-refractivity contribution in [3.63, 3.8) is 0 Å². The van der Waals surface area contributed by atoms with Crippen molar-refractivity contribution in [1.82, 2.24) is 5.32 Å². The number of halogens is 1. The molecule has 1 fully saturated rings. The Morgan fingerprint density at radius 1 is 1.54 bits per heavy atom. The maximum Gasteiger partial charge on any atom is 0.410 e. The van der Waals surface area contributed by atoms with Crippen molar-refractivity contribution in [3.8, 4) is 0 Å². The van der Waals surface area contributed by atoms with Gasteiger partial charge in [-0.25, -0.2) is 14.2 Å². The minimum Gasteiger partial charge on any atom is -0.465 e. The van der Waals surface area contributed by atoms with E-state index in [1.165, 1.54) is 17.8 Å². The summed E-state index contributed by atoms with van der Waals surface area (Å²) in [5.74, 6) is 0.302. The van der Waals surface area contributed by atoms with Gasteiger partial charge in [-0.15, -0.1) is 0 Å². The normalized spacial score (nSPS) is 28.4. The Kier molecular flexibility index (Phi) is 5.84. The van der Waals surface area contributed by atoms with Gasteiger partial charge < -0.3 is 14.6 Å². The third-order valence-corrected chi connectivity index (χ3v) is 5.69. The number of hydrogen-bond donors (Lipinski definition) is 2. The van der Waals surface area contributed by atoms with Gasteiger partial charge in [-0.1, -0.05) is 30.0 Å². The molecule has 0 aliphatic carbocycles. The number of fused-ring (bicyclic) bond motifs is 1. The van der Waals surface area contributed by atoms with Crippen LogP contribution in [0.3, 0.4) is 0 Å². The zero-order chi connectivity index (χ0) is 18.7. The van der Waals surface area contributed by atoms with Crippen LogP contribution < -0.4 is 5.32 Å². The zero-order valence-electron chi connectivity index (χ0n) is 14.8. The van der Waals surface area contributed by atoms with Crippen LogP contribution in [-0.2, 0) is 15.0 Å². The van der Waals surface area contributed by atoms with Gasteiger partial charge in [0, 0.05) is 17.2 Å². The number of hydrogen-bond acceptors (Lipinski definition) is 5. The van der Waals surface area contributed by atoms with E-state index < -0.39 is 11.6 Å². The molecule has 0 saturated carbocycles. The van der Waals surface area contributed by atoms with Gasteiger partial charge in [0.05, 0.1) is 25.4 Å². The van der Waals surface area contributed by atoms with Crippen LogP contribution in [-0.4, -0.2) is 47.5 Å². The first-order valence-electron chi connectivity index (χ1n) is 8.61. The molecule has 1 amide bonds. The molecule has 1 aromatic rings. The van der Waals surface area contributed by atoms with Crippen LogP contribution >= 0.6 is 11.8 Å². The van der Waals surface area contributed by atoms with Gasteiger partial charge in [0.2, 0.25) is 0 Å². The number of carboxylic acid groups (broad SMARTS) is 1. The van der Waals surface area contributed by atoms with Gasteiger partial charge in [-0.3, -0.25) is 5.32 Å². The van der Waals surface area contributed by atoms with Gasteiger partial charge in [-0.05, 0) is 26.3 Å². The molecule has 8 heteroatoms. The first kappa shape index (κ1) is 19.1. The van der Waals surface area contributed by atoms with E-state index in [1.807, 2.05) is 13.8 Å². The number of carbonyl (C=O) groups is 1. The molecule has 6 nitrogen and oxygen atoms in total. The Morgan fingerprint density at radius 2 is 2.31 bits per heavy atom. The van der Waals surface area contributed by atoms with Crippen LogP contribution in [0.15, 0.2) is 29.3 Å². The number of rotatable bonds is 4. The Labute approximate surface area is 156 Å². The Bertz CT molecular complexity index is 700. The summed E-state index contributed by atoms with van der Waals surface area (Å²) < 4.78 is 26.2. The second kappa shape index (κ2) is 7.94. The molecule has 0 radical (unpaired) electrons. The molecule has 2 heterocycles. The fourth-order valence-corrected chi connectivity index (χ4v) is 4.56. The minimum absolute atomic E-state index is 0.0262. The Balaban J connectivity index is 1.91. The first-order chi connectivity index (χ1) is 12.4. The summed E-state index contributed by atoms with van der Waals surface area (Å²) in [7, 11) is 0. The van der Waals surface area contributed by atoms with Crippen LogP contribution in [0.1, 0.15) is 25.8 Å². The maximum absolute atomic E-state index is 14.6. The predicted molar refractivity (Wildman–Crippen MR) is 98.1 cm³/mol. The summed E-state index contributed by atoms with van der Waals surface area (Å²) in [5.41, 5.74) is -0.485. The molecule has 0 unspecified atom stereocenters. The van der Waals surface area contributed by atoms with E-state index in [-0.39, 0.29) is 35.7 Å². The summed E-state index contributed by atoms with van der Waals surface area (Å²) in [6.07, 6.45) is -0.467. The molecule has 1 aromatic carbocycles. The van der Waals surface area contributed by atoms with Crippen molar-refractivity contribution < 1.29 is 23.8 Å². The van der Waals surface area contributed by atoms with E-state index in [9.17, 15) is 9.18 Å². The number of aliphatic imine (C=N–C) groups is 1. The summed E-state index contributed by atoms with van der Waals surface area (Å²) >= 11 is 1.34. The van der Waals surface area contributed by atoms with Crippen LogP contribution in [0.25, 0.3) is 0 Å². The number of ether oxygens (including phenoxy) is 2. The van der Waals surface area contributed by atoms with Crippen LogP contribution in [0.5, 0.6) is 0 Å². The molecule has 3 rings (SSSR count). The Morgan fingerprint density at radius 3 is 3.00 bits per heavy atom. The highest BCUT2D eigenvalue weighted by Gasteiger charge is 2.49. The summed E-state index contributed by atoms with van der Waals surface area (Å²) in [5, 5.41) is 11.6. The van der Waals surface area contributed by atoms with Crippen molar-refractivity contribution >= 4 is 23.0 Å². The molecule has 2 N–H and O–H groups in total.